The van der Waals surface area contributed by atoms with Crippen LogP contribution in [0.3, 0.4) is 0 Å². The van der Waals surface area contributed by atoms with E-state index < -0.39 is 17.5 Å². The van der Waals surface area contributed by atoms with Gasteiger partial charge in [0.2, 0.25) is 0 Å². The van der Waals surface area contributed by atoms with E-state index in [0.29, 0.717) is 5.01 Å². The van der Waals surface area contributed by atoms with Crippen LogP contribution in [-0.4, -0.2) is 11.5 Å². The first-order chi connectivity index (χ1) is 9.15. The standard InChI is InChI=1S/C13H11F3N2S/c14-8-4-7(5-9(15)12(8)16)13-18-11(6-19-13)10-2-1-3-17-10/h4-6,10,17H,1-3H2. The molecular weight excluding hydrogens is 273 g/mol. The Morgan fingerprint density at radius 2 is 1.95 bits per heavy atom. The summed E-state index contributed by atoms with van der Waals surface area (Å²) in [5.41, 5.74) is 1.15. The normalized spacial score (nSPS) is 19.0. The fourth-order valence-electron chi connectivity index (χ4n) is 2.19. The highest BCUT2D eigenvalue weighted by atomic mass is 32.1. The van der Waals surface area contributed by atoms with Crippen molar-refractivity contribution in [3.05, 3.63) is 40.7 Å². The first kappa shape index (κ1) is 12.6. The molecule has 1 N–H and O–H groups in total. The van der Waals surface area contributed by atoms with Crippen LogP contribution in [0.25, 0.3) is 10.6 Å². The molecule has 1 fully saturated rings. The SMILES string of the molecule is Fc1cc(-c2nc(C3CCCN3)cs2)cc(F)c1F. The van der Waals surface area contributed by atoms with E-state index in [0.717, 1.165) is 37.2 Å². The number of rotatable bonds is 2. The molecule has 100 valence electrons. The summed E-state index contributed by atoms with van der Waals surface area (Å²) in [5, 5.41) is 5.68. The number of thiazole rings is 1. The highest BCUT2D eigenvalue weighted by Crippen LogP contribution is 2.30. The molecule has 1 aliphatic rings. The zero-order chi connectivity index (χ0) is 13.4. The lowest BCUT2D eigenvalue weighted by Gasteiger charge is -2.05. The van der Waals surface area contributed by atoms with Gasteiger partial charge >= 0.3 is 0 Å². The monoisotopic (exact) mass is 284 g/mol. The van der Waals surface area contributed by atoms with Crippen LogP contribution in [-0.2, 0) is 0 Å². The van der Waals surface area contributed by atoms with Gasteiger partial charge < -0.3 is 5.32 Å². The fourth-order valence-corrected chi connectivity index (χ4v) is 3.06. The van der Waals surface area contributed by atoms with Gasteiger partial charge in [-0.2, -0.15) is 0 Å². The number of nitrogens with one attached hydrogen (secondary N) is 1. The molecule has 2 nitrogen and oxygen atoms in total. The number of hydrogen-bond acceptors (Lipinski definition) is 3. The Morgan fingerprint density at radius 1 is 1.21 bits per heavy atom. The second kappa shape index (κ2) is 4.94. The Hall–Kier alpha value is -1.40. The molecule has 1 unspecified atom stereocenters. The van der Waals surface area contributed by atoms with Gasteiger partial charge in [0.15, 0.2) is 17.5 Å². The third-order valence-electron chi connectivity index (χ3n) is 3.17. The molecule has 1 aromatic carbocycles. The van der Waals surface area contributed by atoms with Gasteiger partial charge in [-0.05, 0) is 31.5 Å². The zero-order valence-electron chi connectivity index (χ0n) is 9.92. The van der Waals surface area contributed by atoms with E-state index in [9.17, 15) is 13.2 Å². The Bertz CT molecular complexity index is 583. The lowest BCUT2D eigenvalue weighted by molar-refractivity contribution is 0.447. The predicted octanol–water partition coefficient (Wildman–Crippen LogP) is 3.65. The summed E-state index contributed by atoms with van der Waals surface area (Å²) in [7, 11) is 0. The van der Waals surface area contributed by atoms with E-state index >= 15 is 0 Å². The first-order valence-corrected chi connectivity index (χ1v) is 6.87. The topological polar surface area (TPSA) is 24.9 Å². The van der Waals surface area contributed by atoms with Gasteiger partial charge in [-0.3, -0.25) is 0 Å². The van der Waals surface area contributed by atoms with Crippen molar-refractivity contribution in [2.24, 2.45) is 0 Å². The van der Waals surface area contributed by atoms with Crippen molar-refractivity contribution in [3.63, 3.8) is 0 Å². The van der Waals surface area contributed by atoms with Crippen LogP contribution in [0.5, 0.6) is 0 Å². The van der Waals surface area contributed by atoms with Gasteiger partial charge in [-0.25, -0.2) is 18.2 Å². The molecule has 3 rings (SSSR count). The minimum atomic E-state index is -1.45. The lowest BCUT2D eigenvalue weighted by Crippen LogP contribution is -2.12. The van der Waals surface area contributed by atoms with Gasteiger partial charge in [-0.1, -0.05) is 0 Å². The second-order valence-electron chi connectivity index (χ2n) is 4.48. The summed E-state index contributed by atoms with van der Waals surface area (Å²) in [6.45, 7) is 0.956. The van der Waals surface area contributed by atoms with Gasteiger partial charge in [0.05, 0.1) is 11.7 Å². The third kappa shape index (κ3) is 2.37. The minimum absolute atomic E-state index is 0.208. The summed E-state index contributed by atoms with van der Waals surface area (Å²) in [4.78, 5) is 4.37. The molecule has 0 radical (unpaired) electrons. The molecule has 1 atom stereocenters. The molecule has 0 saturated carbocycles. The first-order valence-electron chi connectivity index (χ1n) is 5.99. The van der Waals surface area contributed by atoms with E-state index in [-0.39, 0.29) is 11.6 Å². The highest BCUT2D eigenvalue weighted by Gasteiger charge is 2.20. The van der Waals surface area contributed by atoms with Crippen molar-refractivity contribution >= 4 is 11.3 Å². The van der Waals surface area contributed by atoms with Crippen molar-refractivity contribution in [1.29, 1.82) is 0 Å². The molecule has 1 aliphatic heterocycles. The third-order valence-corrected chi connectivity index (χ3v) is 4.08. The number of benzene rings is 1. The minimum Gasteiger partial charge on any atom is -0.309 e. The van der Waals surface area contributed by atoms with Crippen molar-refractivity contribution in [1.82, 2.24) is 10.3 Å². The Labute approximate surface area is 112 Å². The molecular formula is C13H11F3N2S. The van der Waals surface area contributed by atoms with Crippen LogP contribution in [0.4, 0.5) is 13.2 Å². The Morgan fingerprint density at radius 3 is 2.58 bits per heavy atom. The maximum absolute atomic E-state index is 13.2. The van der Waals surface area contributed by atoms with Crippen molar-refractivity contribution in [2.75, 3.05) is 6.54 Å². The quantitative estimate of drug-likeness (QED) is 0.851. The summed E-state index contributed by atoms with van der Waals surface area (Å²) in [6.07, 6.45) is 2.10. The van der Waals surface area contributed by atoms with Gasteiger partial charge in [0.25, 0.3) is 0 Å². The van der Waals surface area contributed by atoms with Crippen molar-refractivity contribution in [3.8, 4) is 10.6 Å². The predicted molar refractivity (Wildman–Crippen MR) is 67.4 cm³/mol. The van der Waals surface area contributed by atoms with Gasteiger partial charge in [0.1, 0.15) is 5.01 Å². The summed E-state index contributed by atoms with van der Waals surface area (Å²) in [5.74, 6) is -3.82. The summed E-state index contributed by atoms with van der Waals surface area (Å²) >= 11 is 1.31. The highest BCUT2D eigenvalue weighted by molar-refractivity contribution is 7.13. The molecule has 0 amide bonds. The molecule has 0 bridgehead atoms. The van der Waals surface area contributed by atoms with Crippen LogP contribution >= 0.6 is 11.3 Å². The molecule has 19 heavy (non-hydrogen) atoms. The second-order valence-corrected chi connectivity index (χ2v) is 5.34. The molecule has 6 heteroatoms. The van der Waals surface area contributed by atoms with Crippen LogP contribution in [0.1, 0.15) is 24.6 Å². The number of hydrogen-bond donors (Lipinski definition) is 1. The van der Waals surface area contributed by atoms with Crippen molar-refractivity contribution < 1.29 is 13.2 Å². The van der Waals surface area contributed by atoms with Crippen LogP contribution < -0.4 is 5.32 Å². The number of nitrogens with zero attached hydrogens (tertiary/aromatic N) is 1. The number of aromatic nitrogens is 1. The maximum atomic E-state index is 13.2. The molecule has 0 aliphatic carbocycles. The average molecular weight is 284 g/mol. The van der Waals surface area contributed by atoms with E-state index in [1.54, 1.807) is 0 Å². The van der Waals surface area contributed by atoms with E-state index in [1.807, 2.05) is 5.38 Å². The molecule has 2 heterocycles. The van der Waals surface area contributed by atoms with Crippen LogP contribution in [0.2, 0.25) is 0 Å². The molecule has 1 aromatic heterocycles. The smallest absolute Gasteiger partial charge is 0.194 e. The maximum Gasteiger partial charge on any atom is 0.194 e. The van der Waals surface area contributed by atoms with Gasteiger partial charge in [-0.15, -0.1) is 11.3 Å². The molecule has 2 aromatic rings. The molecule has 1 saturated heterocycles. The largest absolute Gasteiger partial charge is 0.309 e. The number of halogens is 3. The summed E-state index contributed by atoms with van der Waals surface area (Å²) in [6, 6.07) is 2.16. The van der Waals surface area contributed by atoms with E-state index in [1.165, 1.54) is 11.3 Å². The lowest BCUT2D eigenvalue weighted by atomic mass is 10.2. The fraction of sp³-hybridized carbons (Fsp3) is 0.308. The van der Waals surface area contributed by atoms with Crippen LogP contribution in [0, 0.1) is 17.5 Å². The average Bonchev–Trinajstić information content (AvgIpc) is 3.05. The van der Waals surface area contributed by atoms with E-state index in [2.05, 4.69) is 10.3 Å². The van der Waals surface area contributed by atoms with Crippen molar-refractivity contribution in [2.45, 2.75) is 18.9 Å². The van der Waals surface area contributed by atoms with E-state index in [4.69, 9.17) is 0 Å². The summed E-state index contributed by atoms with van der Waals surface area (Å²) < 4.78 is 39.3. The van der Waals surface area contributed by atoms with Gasteiger partial charge in [0, 0.05) is 10.9 Å². The Kier molecular flexibility index (Phi) is 3.28. The van der Waals surface area contributed by atoms with Crippen LogP contribution in [0.15, 0.2) is 17.5 Å². The molecule has 0 spiro atoms. The Balaban J connectivity index is 1.94. The zero-order valence-corrected chi connectivity index (χ0v) is 10.7.